The van der Waals surface area contributed by atoms with E-state index in [4.69, 9.17) is 5.73 Å². The molecule has 0 saturated heterocycles. The van der Waals surface area contributed by atoms with Crippen molar-refractivity contribution in [1.82, 2.24) is 9.78 Å². The van der Waals surface area contributed by atoms with Crippen LogP contribution in [0.4, 0.5) is 20.2 Å². The molecular weight excluding hydrogens is 254 g/mol. The SMILES string of the molecule is CCn1cc(NC(=O)c2cc(N)c(F)cc2F)cn1. The molecule has 100 valence electrons. The third kappa shape index (κ3) is 2.70. The topological polar surface area (TPSA) is 72.9 Å². The predicted molar refractivity (Wildman–Crippen MR) is 66.6 cm³/mol. The Bertz CT molecular complexity index is 624. The van der Waals surface area contributed by atoms with Crippen LogP contribution in [0.1, 0.15) is 17.3 Å². The monoisotopic (exact) mass is 266 g/mol. The fourth-order valence-electron chi connectivity index (χ4n) is 1.54. The molecule has 1 aromatic heterocycles. The Kier molecular flexibility index (Phi) is 3.46. The Morgan fingerprint density at radius 2 is 2.16 bits per heavy atom. The van der Waals surface area contributed by atoms with Crippen LogP contribution in [0.15, 0.2) is 24.5 Å². The number of anilines is 2. The predicted octanol–water partition coefficient (Wildman–Crippen LogP) is 2.02. The lowest BCUT2D eigenvalue weighted by Gasteiger charge is -2.05. The summed E-state index contributed by atoms with van der Waals surface area (Å²) in [7, 11) is 0. The molecule has 7 heteroatoms. The first kappa shape index (κ1) is 13.0. The number of hydrogen-bond acceptors (Lipinski definition) is 3. The molecule has 1 heterocycles. The van der Waals surface area contributed by atoms with E-state index in [1.54, 1.807) is 10.9 Å². The quantitative estimate of drug-likeness (QED) is 0.835. The summed E-state index contributed by atoms with van der Waals surface area (Å²) < 4.78 is 28.1. The number of hydrogen-bond donors (Lipinski definition) is 2. The zero-order valence-corrected chi connectivity index (χ0v) is 10.2. The Hall–Kier alpha value is -2.44. The number of nitrogens with zero attached hydrogens (tertiary/aromatic N) is 2. The molecule has 0 radical (unpaired) electrons. The lowest BCUT2D eigenvalue weighted by molar-refractivity contribution is 0.102. The van der Waals surface area contributed by atoms with E-state index in [2.05, 4.69) is 10.4 Å². The van der Waals surface area contributed by atoms with E-state index in [1.807, 2.05) is 6.92 Å². The van der Waals surface area contributed by atoms with Gasteiger partial charge < -0.3 is 11.1 Å². The van der Waals surface area contributed by atoms with Gasteiger partial charge in [0.25, 0.3) is 5.91 Å². The van der Waals surface area contributed by atoms with E-state index in [0.29, 0.717) is 18.3 Å². The first-order valence-electron chi connectivity index (χ1n) is 5.59. The molecule has 0 aliphatic carbocycles. The minimum Gasteiger partial charge on any atom is -0.396 e. The minimum atomic E-state index is -0.966. The Labute approximate surface area is 108 Å². The number of benzene rings is 1. The smallest absolute Gasteiger partial charge is 0.258 e. The van der Waals surface area contributed by atoms with Crippen LogP contribution in [0.25, 0.3) is 0 Å². The summed E-state index contributed by atoms with van der Waals surface area (Å²) in [5, 5.41) is 6.42. The summed E-state index contributed by atoms with van der Waals surface area (Å²) in [5.41, 5.74) is 5.14. The molecule has 1 aromatic carbocycles. The highest BCUT2D eigenvalue weighted by molar-refractivity contribution is 6.04. The number of carbonyl (C=O) groups is 1. The third-order valence-electron chi connectivity index (χ3n) is 2.55. The van der Waals surface area contributed by atoms with Crippen molar-refractivity contribution >= 4 is 17.3 Å². The number of aryl methyl sites for hydroxylation is 1. The van der Waals surface area contributed by atoms with E-state index in [0.717, 1.165) is 6.07 Å². The van der Waals surface area contributed by atoms with Crippen LogP contribution in [-0.2, 0) is 6.54 Å². The maximum Gasteiger partial charge on any atom is 0.258 e. The highest BCUT2D eigenvalue weighted by Crippen LogP contribution is 2.18. The van der Waals surface area contributed by atoms with Crippen LogP contribution in [0.3, 0.4) is 0 Å². The van der Waals surface area contributed by atoms with Crippen LogP contribution in [0, 0.1) is 11.6 Å². The van der Waals surface area contributed by atoms with Crippen LogP contribution < -0.4 is 11.1 Å². The molecule has 1 amide bonds. The molecule has 19 heavy (non-hydrogen) atoms. The van der Waals surface area contributed by atoms with E-state index < -0.39 is 17.5 Å². The standard InChI is InChI=1S/C12H12F2N4O/c1-2-18-6-7(5-16-18)17-12(19)8-3-11(15)10(14)4-9(8)13/h3-6H,2,15H2,1H3,(H,17,19). The normalized spacial score (nSPS) is 10.5. The van der Waals surface area contributed by atoms with E-state index in [1.165, 1.54) is 6.20 Å². The molecule has 0 aliphatic rings. The second-order valence-electron chi connectivity index (χ2n) is 3.89. The molecule has 2 aromatic rings. The summed E-state index contributed by atoms with van der Waals surface area (Å²) in [6.45, 7) is 2.53. The minimum absolute atomic E-state index is 0.282. The lowest BCUT2D eigenvalue weighted by Crippen LogP contribution is -2.14. The zero-order valence-electron chi connectivity index (χ0n) is 10.2. The summed E-state index contributed by atoms with van der Waals surface area (Å²) in [4.78, 5) is 11.8. The van der Waals surface area contributed by atoms with Gasteiger partial charge in [-0.25, -0.2) is 8.78 Å². The van der Waals surface area contributed by atoms with Crippen LogP contribution >= 0.6 is 0 Å². The molecular formula is C12H12F2N4O. The second-order valence-corrected chi connectivity index (χ2v) is 3.89. The fraction of sp³-hybridized carbons (Fsp3) is 0.167. The maximum atomic E-state index is 13.5. The van der Waals surface area contributed by atoms with Gasteiger partial charge in [-0.1, -0.05) is 0 Å². The van der Waals surface area contributed by atoms with Gasteiger partial charge in [0, 0.05) is 18.8 Å². The summed E-state index contributed by atoms with van der Waals surface area (Å²) in [5.74, 6) is -2.57. The van der Waals surface area contributed by atoms with E-state index >= 15 is 0 Å². The molecule has 0 fully saturated rings. The van der Waals surface area contributed by atoms with Crippen LogP contribution in [0.5, 0.6) is 0 Å². The van der Waals surface area contributed by atoms with Crippen LogP contribution in [-0.4, -0.2) is 15.7 Å². The molecule has 2 rings (SSSR count). The molecule has 0 atom stereocenters. The van der Waals surface area contributed by atoms with Gasteiger partial charge in [0.2, 0.25) is 0 Å². The fourth-order valence-corrected chi connectivity index (χ4v) is 1.54. The zero-order chi connectivity index (χ0) is 14.0. The Balaban J connectivity index is 2.22. The second kappa shape index (κ2) is 5.05. The molecule has 0 spiro atoms. The highest BCUT2D eigenvalue weighted by atomic mass is 19.1. The average molecular weight is 266 g/mol. The average Bonchev–Trinajstić information content (AvgIpc) is 2.81. The Morgan fingerprint density at radius 1 is 1.42 bits per heavy atom. The highest BCUT2D eigenvalue weighted by Gasteiger charge is 2.15. The molecule has 0 unspecified atom stereocenters. The molecule has 5 nitrogen and oxygen atoms in total. The van der Waals surface area contributed by atoms with E-state index in [-0.39, 0.29) is 11.3 Å². The van der Waals surface area contributed by atoms with Gasteiger partial charge in [-0.05, 0) is 13.0 Å². The van der Waals surface area contributed by atoms with Crippen molar-refractivity contribution in [3.8, 4) is 0 Å². The number of nitrogen functional groups attached to an aromatic ring is 1. The van der Waals surface area contributed by atoms with Crippen molar-refractivity contribution in [2.24, 2.45) is 0 Å². The summed E-state index contributed by atoms with van der Waals surface area (Å²) >= 11 is 0. The largest absolute Gasteiger partial charge is 0.396 e. The van der Waals surface area contributed by atoms with Crippen molar-refractivity contribution in [3.63, 3.8) is 0 Å². The first-order chi connectivity index (χ1) is 9.01. The number of rotatable bonds is 3. The number of carbonyl (C=O) groups excluding carboxylic acids is 1. The number of halogens is 2. The molecule has 0 bridgehead atoms. The molecule has 3 N–H and O–H groups in total. The summed E-state index contributed by atoms with van der Waals surface area (Å²) in [6, 6.07) is 1.55. The lowest BCUT2D eigenvalue weighted by atomic mass is 10.1. The van der Waals surface area contributed by atoms with Gasteiger partial charge in [-0.2, -0.15) is 5.10 Å². The number of nitrogens with one attached hydrogen (secondary N) is 1. The van der Waals surface area contributed by atoms with Gasteiger partial charge in [0.1, 0.15) is 11.6 Å². The van der Waals surface area contributed by atoms with Gasteiger partial charge in [0.15, 0.2) is 0 Å². The van der Waals surface area contributed by atoms with Crippen LogP contribution in [0.2, 0.25) is 0 Å². The van der Waals surface area contributed by atoms with Crippen molar-refractivity contribution < 1.29 is 13.6 Å². The van der Waals surface area contributed by atoms with Crippen molar-refractivity contribution in [3.05, 3.63) is 41.7 Å². The van der Waals surface area contributed by atoms with E-state index in [9.17, 15) is 13.6 Å². The van der Waals surface area contributed by atoms with Crippen molar-refractivity contribution in [2.45, 2.75) is 13.5 Å². The van der Waals surface area contributed by atoms with Gasteiger partial charge >= 0.3 is 0 Å². The number of amides is 1. The number of nitrogens with two attached hydrogens (primary N) is 1. The molecule has 0 saturated carbocycles. The van der Waals surface area contributed by atoms with Gasteiger partial charge in [-0.15, -0.1) is 0 Å². The Morgan fingerprint density at radius 3 is 2.79 bits per heavy atom. The molecule has 0 aliphatic heterocycles. The first-order valence-corrected chi connectivity index (χ1v) is 5.59. The van der Waals surface area contributed by atoms with Gasteiger partial charge in [-0.3, -0.25) is 9.48 Å². The number of aromatic nitrogens is 2. The third-order valence-corrected chi connectivity index (χ3v) is 2.55. The van der Waals surface area contributed by atoms with Gasteiger partial charge in [0.05, 0.1) is 23.1 Å². The van der Waals surface area contributed by atoms with Crippen molar-refractivity contribution in [2.75, 3.05) is 11.1 Å². The van der Waals surface area contributed by atoms with Crippen molar-refractivity contribution in [1.29, 1.82) is 0 Å². The maximum absolute atomic E-state index is 13.5. The summed E-state index contributed by atoms with van der Waals surface area (Å²) in [6.07, 6.45) is 3.04.